The maximum absolute atomic E-state index is 5.76. The van der Waals surface area contributed by atoms with Crippen LogP contribution in [0.15, 0.2) is 29.6 Å². The lowest BCUT2D eigenvalue weighted by Crippen LogP contribution is -1.99. The van der Waals surface area contributed by atoms with Gasteiger partial charge in [0.15, 0.2) is 0 Å². The average Bonchev–Trinajstić information content (AvgIpc) is 2.64. The molecule has 0 unspecified atom stereocenters. The largest absolute Gasteiger partial charge is 0.326 e. The number of nitrogens with two attached hydrogens (primary N) is 1. The molecule has 2 N–H and O–H groups in total. The topological polar surface area (TPSA) is 26.0 Å². The molecule has 1 nitrogen and oxygen atoms in total. The third kappa shape index (κ3) is 1.96. The predicted octanol–water partition coefficient (Wildman–Crippen LogP) is 3.49. The molecular formula is C13H15NS. The molecule has 1 heterocycles. The van der Waals surface area contributed by atoms with Crippen molar-refractivity contribution in [1.29, 1.82) is 0 Å². The number of aryl methyl sites for hydroxylation is 2. The third-order valence-electron chi connectivity index (χ3n) is 2.59. The van der Waals surface area contributed by atoms with Gasteiger partial charge in [-0.15, -0.1) is 11.3 Å². The molecule has 0 aliphatic heterocycles. The van der Waals surface area contributed by atoms with Crippen LogP contribution in [0, 0.1) is 13.8 Å². The quantitative estimate of drug-likeness (QED) is 0.818. The normalized spacial score (nSPS) is 10.6. The van der Waals surface area contributed by atoms with E-state index < -0.39 is 0 Å². The van der Waals surface area contributed by atoms with Gasteiger partial charge in [0, 0.05) is 11.4 Å². The Hall–Kier alpha value is -1.12. The Bertz CT molecular complexity index is 471. The molecule has 0 saturated carbocycles. The fourth-order valence-electron chi connectivity index (χ4n) is 1.73. The van der Waals surface area contributed by atoms with Crippen molar-refractivity contribution in [1.82, 2.24) is 0 Å². The molecule has 0 atom stereocenters. The minimum Gasteiger partial charge on any atom is -0.326 e. The Balaban J connectivity index is 2.60. The lowest BCUT2D eigenvalue weighted by atomic mass is 10.0. The summed E-state index contributed by atoms with van der Waals surface area (Å²) in [4.78, 5) is 1.35. The first-order chi connectivity index (χ1) is 7.22. The Morgan fingerprint density at radius 2 is 2.00 bits per heavy atom. The predicted molar refractivity (Wildman–Crippen MR) is 67.1 cm³/mol. The van der Waals surface area contributed by atoms with E-state index in [0.717, 1.165) is 0 Å². The van der Waals surface area contributed by atoms with E-state index in [-0.39, 0.29) is 0 Å². The number of thiophene rings is 1. The molecule has 2 rings (SSSR count). The number of benzene rings is 1. The molecule has 2 aromatic rings. The molecule has 1 aromatic carbocycles. The molecule has 2 heteroatoms. The summed E-state index contributed by atoms with van der Waals surface area (Å²) in [6.07, 6.45) is 0. The van der Waals surface area contributed by atoms with Gasteiger partial charge in [0.2, 0.25) is 0 Å². The van der Waals surface area contributed by atoms with Crippen LogP contribution < -0.4 is 5.73 Å². The molecule has 0 fully saturated rings. The molecule has 0 radical (unpaired) electrons. The average molecular weight is 217 g/mol. The lowest BCUT2D eigenvalue weighted by molar-refractivity contribution is 1.07. The van der Waals surface area contributed by atoms with Crippen LogP contribution in [0.1, 0.15) is 16.7 Å². The Morgan fingerprint density at radius 1 is 1.20 bits per heavy atom. The summed E-state index contributed by atoms with van der Waals surface area (Å²) in [7, 11) is 0. The summed E-state index contributed by atoms with van der Waals surface area (Å²) >= 11 is 1.79. The molecule has 15 heavy (non-hydrogen) atoms. The minimum absolute atomic E-state index is 0.604. The van der Waals surface area contributed by atoms with Gasteiger partial charge in [-0.2, -0.15) is 0 Å². The minimum atomic E-state index is 0.604. The summed E-state index contributed by atoms with van der Waals surface area (Å²) in [6.45, 7) is 4.87. The second kappa shape index (κ2) is 4.17. The van der Waals surface area contributed by atoms with Crippen molar-refractivity contribution in [2.45, 2.75) is 20.4 Å². The Morgan fingerprint density at radius 3 is 2.60 bits per heavy atom. The molecule has 0 amide bonds. The fourth-order valence-corrected chi connectivity index (χ4v) is 2.71. The highest BCUT2D eigenvalue weighted by Gasteiger charge is 2.07. The van der Waals surface area contributed by atoms with E-state index in [4.69, 9.17) is 5.73 Å². The maximum atomic E-state index is 5.76. The number of rotatable bonds is 2. The van der Waals surface area contributed by atoms with E-state index >= 15 is 0 Å². The van der Waals surface area contributed by atoms with Crippen molar-refractivity contribution in [3.63, 3.8) is 0 Å². The van der Waals surface area contributed by atoms with Crippen molar-refractivity contribution in [3.05, 3.63) is 46.3 Å². The summed E-state index contributed by atoms with van der Waals surface area (Å²) in [5.74, 6) is 0. The van der Waals surface area contributed by atoms with Gasteiger partial charge in [0.05, 0.1) is 0 Å². The van der Waals surface area contributed by atoms with Gasteiger partial charge in [0.1, 0.15) is 0 Å². The van der Waals surface area contributed by atoms with E-state index in [0.29, 0.717) is 6.54 Å². The molecule has 0 bridgehead atoms. The van der Waals surface area contributed by atoms with Gasteiger partial charge >= 0.3 is 0 Å². The second-order valence-corrected chi connectivity index (χ2v) is 4.71. The van der Waals surface area contributed by atoms with Crippen LogP contribution in [0.25, 0.3) is 10.4 Å². The molecule has 0 aliphatic rings. The molecule has 1 aromatic heterocycles. The van der Waals surface area contributed by atoms with Crippen LogP contribution in [-0.4, -0.2) is 0 Å². The molecule has 0 saturated heterocycles. The van der Waals surface area contributed by atoms with Crippen LogP contribution >= 0.6 is 11.3 Å². The van der Waals surface area contributed by atoms with Gasteiger partial charge in [0.25, 0.3) is 0 Å². The van der Waals surface area contributed by atoms with Crippen LogP contribution in [0.4, 0.5) is 0 Å². The molecule has 0 aliphatic carbocycles. The monoisotopic (exact) mass is 217 g/mol. The highest BCUT2D eigenvalue weighted by Crippen LogP contribution is 2.32. The number of hydrogen-bond donors (Lipinski definition) is 1. The van der Waals surface area contributed by atoms with E-state index in [1.807, 2.05) is 0 Å². The zero-order valence-corrected chi connectivity index (χ0v) is 9.90. The van der Waals surface area contributed by atoms with Crippen LogP contribution in [0.2, 0.25) is 0 Å². The summed E-state index contributed by atoms with van der Waals surface area (Å²) in [6, 6.07) is 8.63. The van der Waals surface area contributed by atoms with Crippen molar-refractivity contribution in [2.24, 2.45) is 5.73 Å². The van der Waals surface area contributed by atoms with Crippen LogP contribution in [0.3, 0.4) is 0 Å². The van der Waals surface area contributed by atoms with Crippen molar-refractivity contribution in [3.8, 4) is 10.4 Å². The van der Waals surface area contributed by atoms with Gasteiger partial charge in [-0.25, -0.2) is 0 Å². The standard InChI is InChI=1S/C13H15NS/c1-9-3-4-11(8-14)12(7-9)13-10(2)5-6-15-13/h3-7H,8,14H2,1-2H3. The van der Waals surface area contributed by atoms with Gasteiger partial charge in [-0.3, -0.25) is 0 Å². The molecular weight excluding hydrogens is 202 g/mol. The molecule has 0 spiro atoms. The Kier molecular flexibility index (Phi) is 2.89. The van der Waals surface area contributed by atoms with E-state index in [9.17, 15) is 0 Å². The first kappa shape index (κ1) is 10.4. The van der Waals surface area contributed by atoms with Crippen molar-refractivity contribution >= 4 is 11.3 Å². The summed E-state index contributed by atoms with van der Waals surface area (Å²) < 4.78 is 0. The Labute approximate surface area is 94.6 Å². The zero-order valence-electron chi connectivity index (χ0n) is 9.08. The maximum Gasteiger partial charge on any atom is 0.0375 e. The summed E-state index contributed by atoms with van der Waals surface area (Å²) in [5, 5.41) is 2.13. The highest BCUT2D eigenvalue weighted by molar-refractivity contribution is 7.13. The van der Waals surface area contributed by atoms with Gasteiger partial charge < -0.3 is 5.73 Å². The highest BCUT2D eigenvalue weighted by atomic mass is 32.1. The zero-order chi connectivity index (χ0) is 10.8. The van der Waals surface area contributed by atoms with Crippen molar-refractivity contribution in [2.75, 3.05) is 0 Å². The van der Waals surface area contributed by atoms with E-state index in [1.165, 1.54) is 27.1 Å². The van der Waals surface area contributed by atoms with E-state index in [1.54, 1.807) is 11.3 Å². The molecule has 78 valence electrons. The van der Waals surface area contributed by atoms with Crippen LogP contribution in [-0.2, 0) is 6.54 Å². The summed E-state index contributed by atoms with van der Waals surface area (Å²) in [5.41, 5.74) is 10.9. The van der Waals surface area contributed by atoms with E-state index in [2.05, 4.69) is 43.5 Å². The first-order valence-corrected chi connectivity index (χ1v) is 5.94. The van der Waals surface area contributed by atoms with Crippen LogP contribution in [0.5, 0.6) is 0 Å². The fraction of sp³-hybridized carbons (Fsp3) is 0.231. The van der Waals surface area contributed by atoms with Crippen molar-refractivity contribution < 1.29 is 0 Å². The lowest BCUT2D eigenvalue weighted by Gasteiger charge is -2.08. The third-order valence-corrected chi connectivity index (χ3v) is 3.64. The second-order valence-electron chi connectivity index (χ2n) is 3.80. The van der Waals surface area contributed by atoms with Gasteiger partial charge in [-0.1, -0.05) is 23.8 Å². The first-order valence-electron chi connectivity index (χ1n) is 5.06. The number of hydrogen-bond acceptors (Lipinski definition) is 2. The smallest absolute Gasteiger partial charge is 0.0375 e. The SMILES string of the molecule is Cc1ccc(CN)c(-c2sccc2C)c1. The van der Waals surface area contributed by atoms with Gasteiger partial charge in [-0.05, 0) is 42.0 Å².